The molecule has 0 amide bonds. The van der Waals surface area contributed by atoms with E-state index in [2.05, 4.69) is 31.9 Å². The second-order valence-corrected chi connectivity index (χ2v) is 6.52. The molecule has 0 radical (unpaired) electrons. The summed E-state index contributed by atoms with van der Waals surface area (Å²) in [6.45, 7) is 0.891. The van der Waals surface area contributed by atoms with Crippen molar-refractivity contribution in [1.82, 2.24) is 0 Å². The standard InChI is InChI=1S/C10H11BrO.C6H5BrO/c11-9-3-5-10(6-4-9)12-7-8-1-2-8;7-5-1-3-6(8)4-2-5/h3-6,8H,1-2,7H2;1-4,8H. The third-order valence-corrected chi connectivity index (χ3v) is 3.88. The second-order valence-electron chi connectivity index (χ2n) is 4.68. The largest absolute Gasteiger partial charge is 0.508 e. The molecule has 1 aliphatic rings. The molecule has 0 saturated heterocycles. The zero-order valence-electron chi connectivity index (χ0n) is 10.9. The Morgan fingerprint density at radius 3 is 1.85 bits per heavy atom. The first-order valence-corrected chi connectivity index (χ1v) is 8.05. The Bertz CT molecular complexity index is 498. The van der Waals surface area contributed by atoms with Gasteiger partial charge in [-0.05, 0) is 67.3 Å². The number of phenolic OH excluding ortho intramolecular Hbond substituents is 1. The van der Waals surface area contributed by atoms with Crippen LogP contribution in [0.2, 0.25) is 0 Å². The van der Waals surface area contributed by atoms with Gasteiger partial charge in [0.25, 0.3) is 0 Å². The fourth-order valence-electron chi connectivity index (χ4n) is 1.47. The highest BCUT2D eigenvalue weighted by Crippen LogP contribution is 2.29. The van der Waals surface area contributed by atoms with Crippen LogP contribution in [-0.4, -0.2) is 11.7 Å². The van der Waals surface area contributed by atoms with Crippen molar-refractivity contribution in [1.29, 1.82) is 0 Å². The molecule has 0 unspecified atom stereocenters. The van der Waals surface area contributed by atoms with Gasteiger partial charge >= 0.3 is 0 Å². The van der Waals surface area contributed by atoms with Crippen LogP contribution in [0.4, 0.5) is 0 Å². The predicted molar refractivity (Wildman–Crippen MR) is 88.2 cm³/mol. The molecule has 0 aromatic heterocycles. The zero-order valence-corrected chi connectivity index (χ0v) is 14.1. The Hall–Kier alpha value is -1.000. The van der Waals surface area contributed by atoms with E-state index in [-0.39, 0.29) is 0 Å². The maximum atomic E-state index is 8.74. The fourth-order valence-corrected chi connectivity index (χ4v) is 2.00. The van der Waals surface area contributed by atoms with E-state index < -0.39 is 0 Å². The summed E-state index contributed by atoms with van der Waals surface area (Å²) in [5.41, 5.74) is 0. The van der Waals surface area contributed by atoms with Crippen molar-refractivity contribution in [3.8, 4) is 11.5 Å². The van der Waals surface area contributed by atoms with E-state index in [0.717, 1.165) is 27.2 Å². The summed E-state index contributed by atoms with van der Waals surface area (Å²) in [5, 5.41) is 8.74. The highest BCUT2D eigenvalue weighted by Gasteiger charge is 2.21. The van der Waals surface area contributed by atoms with Gasteiger partial charge in [-0.1, -0.05) is 31.9 Å². The smallest absolute Gasteiger partial charge is 0.119 e. The molecule has 0 atom stereocenters. The lowest BCUT2D eigenvalue weighted by Crippen LogP contribution is -1.98. The van der Waals surface area contributed by atoms with E-state index in [0.29, 0.717) is 5.75 Å². The molecule has 1 aliphatic carbocycles. The maximum absolute atomic E-state index is 8.74. The third kappa shape index (κ3) is 5.97. The lowest BCUT2D eigenvalue weighted by molar-refractivity contribution is 0.300. The van der Waals surface area contributed by atoms with Crippen molar-refractivity contribution in [3.63, 3.8) is 0 Å². The fraction of sp³-hybridized carbons (Fsp3) is 0.250. The third-order valence-electron chi connectivity index (χ3n) is 2.82. The summed E-state index contributed by atoms with van der Waals surface area (Å²) in [6.07, 6.45) is 2.69. The zero-order chi connectivity index (χ0) is 14.4. The lowest BCUT2D eigenvalue weighted by Gasteiger charge is -2.03. The Morgan fingerprint density at radius 1 is 0.900 bits per heavy atom. The van der Waals surface area contributed by atoms with E-state index in [9.17, 15) is 0 Å². The van der Waals surface area contributed by atoms with Gasteiger partial charge in [-0.3, -0.25) is 0 Å². The molecule has 1 saturated carbocycles. The van der Waals surface area contributed by atoms with Gasteiger partial charge in [-0.2, -0.15) is 0 Å². The molecule has 106 valence electrons. The van der Waals surface area contributed by atoms with Crippen molar-refractivity contribution in [2.24, 2.45) is 5.92 Å². The van der Waals surface area contributed by atoms with E-state index in [4.69, 9.17) is 9.84 Å². The maximum Gasteiger partial charge on any atom is 0.119 e. The summed E-state index contributed by atoms with van der Waals surface area (Å²) in [6, 6.07) is 14.8. The number of phenols is 1. The molecular weight excluding hydrogens is 384 g/mol. The average Bonchev–Trinajstić information content (AvgIpc) is 3.27. The van der Waals surface area contributed by atoms with E-state index >= 15 is 0 Å². The van der Waals surface area contributed by atoms with Gasteiger partial charge in [-0.15, -0.1) is 0 Å². The Balaban J connectivity index is 0.000000160. The normalized spacial score (nSPS) is 13.3. The van der Waals surface area contributed by atoms with E-state index in [1.807, 2.05) is 24.3 Å². The summed E-state index contributed by atoms with van der Waals surface area (Å²) in [5.74, 6) is 2.10. The molecule has 1 N–H and O–H groups in total. The van der Waals surface area contributed by atoms with Crippen molar-refractivity contribution in [3.05, 3.63) is 57.5 Å². The molecule has 1 fully saturated rings. The number of rotatable bonds is 3. The first-order chi connectivity index (χ1) is 9.63. The Labute approximate surface area is 136 Å². The minimum Gasteiger partial charge on any atom is -0.508 e. The van der Waals surface area contributed by atoms with Gasteiger partial charge in [0.1, 0.15) is 11.5 Å². The lowest BCUT2D eigenvalue weighted by atomic mass is 10.3. The van der Waals surface area contributed by atoms with Crippen LogP contribution in [-0.2, 0) is 0 Å². The second kappa shape index (κ2) is 7.70. The summed E-state index contributed by atoms with van der Waals surface area (Å²) in [7, 11) is 0. The minimum atomic E-state index is 0.299. The van der Waals surface area contributed by atoms with Gasteiger partial charge in [0.2, 0.25) is 0 Å². The Morgan fingerprint density at radius 2 is 1.40 bits per heavy atom. The van der Waals surface area contributed by atoms with Gasteiger partial charge in [-0.25, -0.2) is 0 Å². The van der Waals surface area contributed by atoms with Crippen LogP contribution in [0.5, 0.6) is 11.5 Å². The summed E-state index contributed by atoms with van der Waals surface area (Å²) in [4.78, 5) is 0. The first-order valence-electron chi connectivity index (χ1n) is 6.46. The number of aromatic hydroxyl groups is 1. The molecule has 0 heterocycles. The molecule has 3 rings (SSSR count). The van der Waals surface area contributed by atoms with Crippen molar-refractivity contribution < 1.29 is 9.84 Å². The highest BCUT2D eigenvalue weighted by atomic mass is 79.9. The summed E-state index contributed by atoms with van der Waals surface area (Å²) < 4.78 is 7.64. The monoisotopic (exact) mass is 398 g/mol. The molecule has 0 spiro atoms. The van der Waals surface area contributed by atoms with Crippen LogP contribution in [0.1, 0.15) is 12.8 Å². The van der Waals surface area contributed by atoms with Gasteiger partial charge < -0.3 is 9.84 Å². The van der Waals surface area contributed by atoms with E-state index in [1.165, 1.54) is 12.8 Å². The molecule has 0 bridgehead atoms. The van der Waals surface area contributed by atoms with Gasteiger partial charge in [0.05, 0.1) is 6.61 Å². The van der Waals surface area contributed by atoms with E-state index in [1.54, 1.807) is 24.3 Å². The number of ether oxygens (including phenoxy) is 1. The highest BCUT2D eigenvalue weighted by molar-refractivity contribution is 9.10. The molecule has 4 heteroatoms. The van der Waals surface area contributed by atoms with Gasteiger partial charge in [0, 0.05) is 8.95 Å². The average molecular weight is 400 g/mol. The number of hydrogen-bond acceptors (Lipinski definition) is 2. The number of benzene rings is 2. The van der Waals surface area contributed by atoms with Crippen LogP contribution < -0.4 is 4.74 Å². The number of halogens is 2. The number of hydrogen-bond donors (Lipinski definition) is 1. The van der Waals surface area contributed by atoms with Crippen LogP contribution in [0.25, 0.3) is 0 Å². The molecule has 2 aromatic rings. The molecule has 20 heavy (non-hydrogen) atoms. The van der Waals surface area contributed by atoms with Crippen LogP contribution in [0, 0.1) is 5.92 Å². The molecule has 2 aromatic carbocycles. The van der Waals surface area contributed by atoms with Crippen LogP contribution >= 0.6 is 31.9 Å². The SMILES string of the molecule is Brc1ccc(OCC2CC2)cc1.Oc1ccc(Br)cc1. The topological polar surface area (TPSA) is 29.5 Å². The molecule has 2 nitrogen and oxygen atoms in total. The molecule has 0 aliphatic heterocycles. The molecular formula is C16H16Br2O2. The quantitative estimate of drug-likeness (QED) is 0.749. The van der Waals surface area contributed by atoms with Crippen molar-refractivity contribution in [2.45, 2.75) is 12.8 Å². The predicted octanol–water partition coefficient (Wildman–Crippen LogP) is 5.39. The Kier molecular flexibility index (Phi) is 5.92. The van der Waals surface area contributed by atoms with Gasteiger partial charge in [0.15, 0.2) is 0 Å². The minimum absolute atomic E-state index is 0.299. The van der Waals surface area contributed by atoms with Crippen molar-refractivity contribution in [2.75, 3.05) is 6.61 Å². The van der Waals surface area contributed by atoms with Crippen molar-refractivity contribution >= 4 is 31.9 Å². The first kappa shape index (κ1) is 15.4. The van der Waals surface area contributed by atoms with Crippen LogP contribution in [0.15, 0.2) is 57.5 Å². The van der Waals surface area contributed by atoms with Crippen LogP contribution in [0.3, 0.4) is 0 Å². The summed E-state index contributed by atoms with van der Waals surface area (Å²) >= 11 is 6.62.